The molecular weight excluding hydrogens is 514 g/mol. The first-order valence-corrected chi connectivity index (χ1v) is 15.1. The van der Waals surface area contributed by atoms with Crippen molar-refractivity contribution in [3.63, 3.8) is 0 Å². The average Bonchev–Trinajstić information content (AvgIpc) is 3.49. The summed E-state index contributed by atoms with van der Waals surface area (Å²) in [6, 6.07) is 0.0741. The minimum atomic E-state index is -0.616. The van der Waals surface area contributed by atoms with Crippen LogP contribution in [0.4, 0.5) is 4.79 Å². The fraction of sp³-hybridized carbons (Fsp3) is 0.767. The number of nitrogens with one attached hydrogen (secondary N) is 1. The molecule has 39 heavy (non-hydrogen) atoms. The van der Waals surface area contributed by atoms with Crippen LogP contribution in [0.15, 0.2) is 16.8 Å². The molecule has 0 radical (unpaired) electrons. The number of amides is 1. The Morgan fingerprint density at radius 2 is 2.00 bits per heavy atom. The van der Waals surface area contributed by atoms with E-state index in [-0.39, 0.29) is 29.5 Å². The maximum absolute atomic E-state index is 12.9. The molecule has 1 unspecified atom stereocenters. The Balaban J connectivity index is 1.24. The number of allylic oxidation sites excluding steroid dienone is 1. The summed E-state index contributed by atoms with van der Waals surface area (Å²) < 4.78 is 4.87. The third kappa shape index (κ3) is 5.33. The van der Waals surface area contributed by atoms with E-state index in [1.807, 2.05) is 13.0 Å². The number of carbonyl (C=O) groups is 3. The molecule has 1 heterocycles. The molecule has 5 rings (SSSR count). The van der Waals surface area contributed by atoms with Crippen molar-refractivity contribution in [1.29, 1.82) is 0 Å². The molecule has 0 spiro atoms. The normalized spacial score (nSPS) is 37.9. The van der Waals surface area contributed by atoms with E-state index in [0.29, 0.717) is 49.4 Å². The van der Waals surface area contributed by atoms with Gasteiger partial charge in [0.2, 0.25) is 0 Å². The maximum Gasteiger partial charge on any atom is 0.438 e. The van der Waals surface area contributed by atoms with Crippen molar-refractivity contribution < 1.29 is 24.0 Å². The number of nitrogens with zero attached hydrogens (tertiary/aromatic N) is 2. The van der Waals surface area contributed by atoms with E-state index in [9.17, 15) is 14.4 Å². The van der Waals surface area contributed by atoms with Crippen molar-refractivity contribution in [3.05, 3.63) is 11.6 Å². The van der Waals surface area contributed by atoms with Gasteiger partial charge in [-0.1, -0.05) is 36.8 Å². The first-order chi connectivity index (χ1) is 18.7. The minimum absolute atomic E-state index is 0.0741. The number of rotatable bonds is 8. The Morgan fingerprint density at radius 1 is 1.18 bits per heavy atom. The third-order valence-corrected chi connectivity index (χ3v) is 11.6. The summed E-state index contributed by atoms with van der Waals surface area (Å²) in [5.41, 5.74) is 2.57. The van der Waals surface area contributed by atoms with Crippen molar-refractivity contribution in [2.75, 3.05) is 19.8 Å². The van der Waals surface area contributed by atoms with Crippen LogP contribution in [0.2, 0.25) is 0 Å². The molecule has 0 aromatic rings. The second kappa shape index (κ2) is 11.4. The summed E-state index contributed by atoms with van der Waals surface area (Å²) in [4.78, 5) is 43.6. The molecule has 4 fully saturated rings. The number of ketones is 1. The molecule has 5 aliphatic rings. The number of hydrogen-bond donors (Lipinski definition) is 1. The Bertz CT molecular complexity index is 1070. The molecule has 1 amide bonds. The number of ether oxygens (including phenoxy) is 1. The van der Waals surface area contributed by atoms with Gasteiger partial charge in [-0.05, 0) is 99.4 Å². The highest BCUT2D eigenvalue weighted by Crippen LogP contribution is 2.66. The Labute approximate surface area is 237 Å². The van der Waals surface area contributed by atoms with Gasteiger partial charge in [-0.15, -0.1) is 0 Å². The van der Waals surface area contributed by atoms with Crippen LogP contribution in [0.3, 0.4) is 0 Å². The molecule has 1 N–H and O–H groups in total. The van der Waals surface area contributed by atoms with E-state index in [2.05, 4.69) is 24.3 Å². The monoisotopic (exact) mass is 557 g/mol. The molecule has 1 aliphatic heterocycles. The van der Waals surface area contributed by atoms with Gasteiger partial charge in [-0.3, -0.25) is 19.3 Å². The fourth-order valence-electron chi connectivity index (χ4n) is 9.01. The minimum Gasteiger partial charge on any atom is -0.446 e. The third-order valence-electron chi connectivity index (χ3n) is 11.1. The number of carbonyl (C=O) groups excluding carboxylic acids is 3. The number of oxime groups is 1. The van der Waals surface area contributed by atoms with Gasteiger partial charge in [0.25, 0.3) is 6.47 Å². The van der Waals surface area contributed by atoms with E-state index < -0.39 is 6.09 Å². The van der Waals surface area contributed by atoms with Crippen LogP contribution >= 0.6 is 12.2 Å². The molecular formula is C30H43N3O5S. The highest BCUT2D eigenvalue weighted by molar-refractivity contribution is 7.80. The van der Waals surface area contributed by atoms with E-state index >= 15 is 0 Å². The van der Waals surface area contributed by atoms with Crippen LogP contribution in [0.1, 0.15) is 85.0 Å². The van der Waals surface area contributed by atoms with Crippen LogP contribution in [0, 0.1) is 34.5 Å². The quantitative estimate of drug-likeness (QED) is 0.109. The van der Waals surface area contributed by atoms with Gasteiger partial charge in [0.1, 0.15) is 0 Å². The number of thiocarbonyl (C=S) groups is 1. The maximum atomic E-state index is 12.9. The topological polar surface area (TPSA) is 97.3 Å². The second-order valence-corrected chi connectivity index (χ2v) is 13.4. The zero-order valence-corrected chi connectivity index (χ0v) is 24.4. The first-order valence-electron chi connectivity index (χ1n) is 14.7. The summed E-state index contributed by atoms with van der Waals surface area (Å²) in [7, 11) is 0. The summed E-state index contributed by atoms with van der Waals surface area (Å²) >= 11 is 5.40. The summed E-state index contributed by atoms with van der Waals surface area (Å²) in [5, 5.41) is 7.69. The zero-order valence-electron chi connectivity index (χ0n) is 23.6. The lowest BCUT2D eigenvalue weighted by atomic mass is 9.46. The second-order valence-electron chi connectivity index (χ2n) is 12.9. The predicted octanol–water partition coefficient (Wildman–Crippen LogP) is 5.20. The van der Waals surface area contributed by atoms with Gasteiger partial charge < -0.3 is 10.1 Å². The summed E-state index contributed by atoms with van der Waals surface area (Å²) in [5.74, 6) is 2.52. The van der Waals surface area contributed by atoms with Crippen molar-refractivity contribution >= 4 is 41.1 Å². The number of hydrogen-bond acceptors (Lipinski definition) is 8. The Hall–Kier alpha value is -2.13. The molecule has 0 bridgehead atoms. The van der Waals surface area contributed by atoms with Gasteiger partial charge in [-0.25, -0.2) is 4.79 Å². The molecule has 4 aliphatic carbocycles. The van der Waals surface area contributed by atoms with Gasteiger partial charge in [0.15, 0.2) is 12.5 Å². The number of fused-ring (bicyclic) bond motifs is 5. The van der Waals surface area contributed by atoms with E-state index in [4.69, 9.17) is 21.8 Å². The zero-order chi connectivity index (χ0) is 27.8. The Morgan fingerprint density at radius 3 is 2.74 bits per heavy atom. The molecule has 0 aromatic heterocycles. The average molecular weight is 558 g/mol. The van der Waals surface area contributed by atoms with Crippen molar-refractivity contribution in [1.82, 2.24) is 10.2 Å². The van der Waals surface area contributed by atoms with Crippen molar-refractivity contribution in [2.45, 2.75) is 91.0 Å². The van der Waals surface area contributed by atoms with E-state index in [0.717, 1.165) is 49.2 Å². The van der Waals surface area contributed by atoms with Gasteiger partial charge in [0, 0.05) is 36.3 Å². The molecule has 0 aromatic carbocycles. The van der Waals surface area contributed by atoms with Gasteiger partial charge in [0.05, 0.1) is 5.71 Å². The highest BCUT2D eigenvalue weighted by Gasteiger charge is 2.59. The first kappa shape index (κ1) is 28.4. The van der Waals surface area contributed by atoms with Crippen LogP contribution in [-0.4, -0.2) is 59.7 Å². The fourth-order valence-corrected chi connectivity index (χ4v) is 9.32. The lowest BCUT2D eigenvalue weighted by Crippen LogP contribution is -2.51. The van der Waals surface area contributed by atoms with Gasteiger partial charge >= 0.3 is 6.09 Å². The van der Waals surface area contributed by atoms with E-state index in [1.165, 1.54) is 29.7 Å². The van der Waals surface area contributed by atoms with E-state index in [1.54, 1.807) is 0 Å². The van der Waals surface area contributed by atoms with Crippen molar-refractivity contribution in [3.8, 4) is 0 Å². The SMILES string of the molecule is C/C(=N\OC(=O)N(CCC1NCCC1=S)COC=O)[C@H]1CC[C@H]2[C@@H]3CCC4=CC(=O)CC[C@]4(C)[C@H]3CC[C@]12C. The molecule has 7 atom stereocenters. The standard InChI is InChI=1S/C30H43N3O5S/c1-19(32-38-28(36)33(17-37-18-34)15-11-26-27(39)10-14-31-26)23-6-7-24-22-5-4-20-16-21(35)8-12-29(20,2)25(22)9-13-30(23,24)3/h16,18,22-26,31H,4-15,17H2,1-3H3/b32-19+/t22-,23+,24-,25-,26?,29-,30+/m0/s1. The molecule has 3 saturated carbocycles. The van der Waals surface area contributed by atoms with Crippen molar-refractivity contribution in [2.24, 2.45) is 39.7 Å². The molecule has 8 nitrogen and oxygen atoms in total. The molecule has 1 saturated heterocycles. The lowest BCUT2D eigenvalue weighted by molar-refractivity contribution is -0.132. The summed E-state index contributed by atoms with van der Waals surface area (Å²) in [6.07, 6.45) is 11.3. The van der Waals surface area contributed by atoms with Crippen LogP contribution in [0.5, 0.6) is 0 Å². The lowest BCUT2D eigenvalue weighted by Gasteiger charge is -2.58. The van der Waals surface area contributed by atoms with Crippen LogP contribution < -0.4 is 5.32 Å². The summed E-state index contributed by atoms with van der Waals surface area (Å²) in [6.45, 7) is 8.18. The molecule has 9 heteroatoms. The Kier molecular flexibility index (Phi) is 8.30. The smallest absolute Gasteiger partial charge is 0.438 e. The highest BCUT2D eigenvalue weighted by atomic mass is 32.1. The van der Waals surface area contributed by atoms with Crippen LogP contribution in [-0.2, 0) is 19.2 Å². The van der Waals surface area contributed by atoms with Gasteiger partial charge in [-0.2, -0.15) is 0 Å². The largest absolute Gasteiger partial charge is 0.446 e. The predicted molar refractivity (Wildman–Crippen MR) is 152 cm³/mol. The molecule has 214 valence electrons. The van der Waals surface area contributed by atoms with Crippen LogP contribution in [0.25, 0.3) is 0 Å².